The molecule has 4 N–H and O–H groups in total. The molecule has 0 bridgehead atoms. The minimum atomic E-state index is -4.88. The van der Waals surface area contributed by atoms with Gasteiger partial charge in [-0.25, -0.2) is 9.13 Å². The van der Waals surface area contributed by atoms with Crippen molar-refractivity contribution in [1.29, 1.82) is 0 Å². The Hall–Kier alpha value is -1.45. The maximum absolute atomic E-state index is 12.7. The minimum Gasteiger partial charge on any atom is -0.463 e. The van der Waals surface area contributed by atoms with Crippen molar-refractivity contribution in [1.82, 2.24) is 0 Å². The summed E-state index contributed by atoms with van der Waals surface area (Å²) in [7, 11) is -9.68. The van der Waals surface area contributed by atoms with E-state index in [1.165, 1.54) is 64.2 Å². The molecule has 59 heavy (non-hydrogen) atoms. The fourth-order valence-electron chi connectivity index (χ4n) is 5.80. The first kappa shape index (κ1) is 57.5. The molecule has 350 valence electrons. The number of aliphatic hydroxyl groups excluding tert-OH is 2. The number of carbonyl (C=O) groups excluding carboxylic acids is 3. The number of unbranched alkanes of at least 4 members (excludes halogenated alkanes) is 20. The van der Waals surface area contributed by atoms with E-state index in [4.69, 9.17) is 23.3 Å². The van der Waals surface area contributed by atoms with Crippen molar-refractivity contribution in [2.45, 2.75) is 206 Å². The number of phosphoric ester groups is 2. The lowest BCUT2D eigenvalue weighted by Gasteiger charge is -2.21. The highest BCUT2D eigenvalue weighted by molar-refractivity contribution is 7.47. The monoisotopic (exact) mass is 890 g/mol. The van der Waals surface area contributed by atoms with Gasteiger partial charge in [0.2, 0.25) is 0 Å². The van der Waals surface area contributed by atoms with Crippen LogP contribution in [0.3, 0.4) is 0 Å². The summed E-state index contributed by atoms with van der Waals surface area (Å²) in [5, 5.41) is 20.1. The van der Waals surface area contributed by atoms with E-state index >= 15 is 0 Å². The second-order valence-electron chi connectivity index (χ2n) is 15.2. The summed E-state index contributed by atoms with van der Waals surface area (Å²) < 4.78 is 59.6. The van der Waals surface area contributed by atoms with Gasteiger partial charge in [-0.05, 0) is 19.3 Å². The van der Waals surface area contributed by atoms with E-state index in [0.717, 1.165) is 64.2 Å². The molecule has 0 spiro atoms. The van der Waals surface area contributed by atoms with Gasteiger partial charge in [0, 0.05) is 19.3 Å². The third kappa shape index (κ3) is 39.2. The number of ether oxygens (including phenoxy) is 3. The molecule has 2 unspecified atom stereocenters. The summed E-state index contributed by atoms with van der Waals surface area (Å²) in [5.74, 6) is -1.59. The molecule has 0 saturated heterocycles. The van der Waals surface area contributed by atoms with Gasteiger partial charge in [0.15, 0.2) is 6.10 Å². The van der Waals surface area contributed by atoms with Crippen LogP contribution in [0.15, 0.2) is 0 Å². The molecule has 0 rings (SSSR count). The lowest BCUT2D eigenvalue weighted by Crippen LogP contribution is -2.30. The molecule has 0 aromatic rings. The van der Waals surface area contributed by atoms with Gasteiger partial charge in [0.1, 0.15) is 25.4 Å². The molecule has 0 aliphatic heterocycles. The van der Waals surface area contributed by atoms with E-state index in [0.29, 0.717) is 19.3 Å². The zero-order valence-electron chi connectivity index (χ0n) is 36.4. The quantitative estimate of drug-likeness (QED) is 0.0193. The maximum atomic E-state index is 12.7. The first-order valence-corrected chi connectivity index (χ1v) is 25.3. The highest BCUT2D eigenvalue weighted by Gasteiger charge is 2.29. The van der Waals surface area contributed by atoms with Crippen molar-refractivity contribution < 1.29 is 75.8 Å². The molecule has 0 fully saturated rings. The maximum Gasteiger partial charge on any atom is 0.472 e. The fourth-order valence-corrected chi connectivity index (χ4v) is 7.39. The highest BCUT2D eigenvalue weighted by Crippen LogP contribution is 2.45. The average molecular weight is 891 g/mol. The van der Waals surface area contributed by atoms with E-state index < -0.39 is 91.5 Å². The van der Waals surface area contributed by atoms with Gasteiger partial charge in [-0.2, -0.15) is 0 Å². The summed E-state index contributed by atoms with van der Waals surface area (Å²) >= 11 is 0. The number of hydrogen-bond donors (Lipinski definition) is 4. The molecular formula is C41H80O16P2. The summed E-state index contributed by atoms with van der Waals surface area (Å²) in [4.78, 5) is 56.9. The molecule has 0 amide bonds. The topological polar surface area (TPSA) is 231 Å². The molecule has 18 heteroatoms. The van der Waals surface area contributed by atoms with Crippen LogP contribution in [0.25, 0.3) is 0 Å². The van der Waals surface area contributed by atoms with Crippen molar-refractivity contribution in [3.8, 4) is 0 Å². The lowest BCUT2D eigenvalue weighted by molar-refractivity contribution is -0.161. The van der Waals surface area contributed by atoms with Crippen molar-refractivity contribution >= 4 is 33.6 Å². The fraction of sp³-hybridized carbons (Fsp3) is 0.927. The Balaban J connectivity index is 4.77. The predicted molar refractivity (Wildman–Crippen MR) is 224 cm³/mol. The Morgan fingerprint density at radius 2 is 0.695 bits per heavy atom. The van der Waals surface area contributed by atoms with Crippen molar-refractivity contribution in [3.05, 3.63) is 0 Å². The van der Waals surface area contributed by atoms with Gasteiger partial charge < -0.3 is 34.2 Å². The van der Waals surface area contributed by atoms with Gasteiger partial charge in [0.05, 0.1) is 26.4 Å². The number of carbonyl (C=O) groups is 3. The SMILES string of the molecule is CCCCCCCCCCCCCC(=O)O[C@H](COC(=O)CCCCCCCCCC)COP(=O)(O)OC[C@@H](O)COP(=O)(O)OC[C@H](O)COC(=O)CCCCCC. The van der Waals surface area contributed by atoms with Crippen LogP contribution in [0.4, 0.5) is 0 Å². The molecule has 0 aliphatic carbocycles. The van der Waals surface area contributed by atoms with Gasteiger partial charge in [-0.3, -0.25) is 32.5 Å². The summed E-state index contributed by atoms with van der Waals surface area (Å²) in [6.07, 6.45) is 20.3. The Kier molecular flexibility index (Phi) is 37.3. The van der Waals surface area contributed by atoms with Crippen molar-refractivity contribution in [3.63, 3.8) is 0 Å². The largest absolute Gasteiger partial charge is 0.472 e. The Labute approximate surface area is 354 Å². The Morgan fingerprint density at radius 1 is 0.407 bits per heavy atom. The molecule has 5 atom stereocenters. The average Bonchev–Trinajstić information content (AvgIpc) is 3.20. The zero-order valence-corrected chi connectivity index (χ0v) is 38.2. The number of hydrogen-bond acceptors (Lipinski definition) is 14. The third-order valence-electron chi connectivity index (χ3n) is 9.33. The number of rotatable bonds is 43. The van der Waals surface area contributed by atoms with Crippen LogP contribution in [0, 0.1) is 0 Å². The summed E-state index contributed by atoms with van der Waals surface area (Å²) in [6.45, 7) is 2.41. The molecule has 0 aromatic carbocycles. The molecule has 0 radical (unpaired) electrons. The smallest absolute Gasteiger partial charge is 0.463 e. The van der Waals surface area contributed by atoms with Crippen LogP contribution in [0.5, 0.6) is 0 Å². The van der Waals surface area contributed by atoms with Gasteiger partial charge in [-0.1, -0.05) is 149 Å². The predicted octanol–water partition coefficient (Wildman–Crippen LogP) is 9.18. The molecule has 0 heterocycles. The normalized spacial score (nSPS) is 15.2. The van der Waals surface area contributed by atoms with Crippen LogP contribution in [-0.2, 0) is 55.8 Å². The lowest BCUT2D eigenvalue weighted by atomic mass is 10.1. The number of esters is 3. The summed E-state index contributed by atoms with van der Waals surface area (Å²) in [6, 6.07) is 0. The Morgan fingerprint density at radius 3 is 1.08 bits per heavy atom. The first-order chi connectivity index (χ1) is 28.2. The Bertz CT molecular complexity index is 1140. The molecule has 0 aliphatic rings. The van der Waals surface area contributed by atoms with E-state index in [1.807, 2.05) is 6.92 Å². The number of phosphoric acid groups is 2. The van der Waals surface area contributed by atoms with Crippen LogP contribution in [0.2, 0.25) is 0 Å². The number of aliphatic hydroxyl groups is 2. The first-order valence-electron chi connectivity index (χ1n) is 22.3. The zero-order chi connectivity index (χ0) is 44.0. The summed E-state index contributed by atoms with van der Waals surface area (Å²) in [5.41, 5.74) is 0. The highest BCUT2D eigenvalue weighted by atomic mass is 31.2. The van der Waals surface area contributed by atoms with Crippen LogP contribution in [0.1, 0.15) is 188 Å². The molecule has 0 aromatic heterocycles. The van der Waals surface area contributed by atoms with Crippen molar-refractivity contribution in [2.24, 2.45) is 0 Å². The van der Waals surface area contributed by atoms with Crippen molar-refractivity contribution in [2.75, 3.05) is 39.6 Å². The van der Waals surface area contributed by atoms with Gasteiger partial charge in [-0.15, -0.1) is 0 Å². The van der Waals surface area contributed by atoms with E-state index in [-0.39, 0.29) is 19.3 Å². The standard InChI is InChI=1S/C41H80O16P2/c1-4-7-10-13-15-17-18-19-21-23-26-29-41(46)57-38(34-52-40(45)28-25-22-20-16-14-11-8-5-2)35-56-59(49,50)55-33-37(43)32-54-58(47,48)53-31-36(42)30-51-39(44)27-24-12-9-6-3/h36-38,42-43H,4-35H2,1-3H3,(H,47,48)(H,49,50)/t36-,37+,38-/m1/s1. The van der Waals surface area contributed by atoms with E-state index in [2.05, 4.69) is 22.9 Å². The van der Waals surface area contributed by atoms with Gasteiger partial charge in [0.25, 0.3) is 0 Å². The van der Waals surface area contributed by atoms with Crippen LogP contribution >= 0.6 is 15.6 Å². The van der Waals surface area contributed by atoms with Gasteiger partial charge >= 0.3 is 33.6 Å². The third-order valence-corrected chi connectivity index (χ3v) is 11.2. The van der Waals surface area contributed by atoms with Crippen LogP contribution in [-0.4, -0.2) is 95.9 Å². The van der Waals surface area contributed by atoms with E-state index in [1.54, 1.807) is 0 Å². The molecule has 16 nitrogen and oxygen atoms in total. The molecule has 0 saturated carbocycles. The second-order valence-corrected chi connectivity index (χ2v) is 18.1. The minimum absolute atomic E-state index is 0.114. The van der Waals surface area contributed by atoms with Crippen LogP contribution < -0.4 is 0 Å². The second kappa shape index (κ2) is 38.2. The van der Waals surface area contributed by atoms with E-state index in [9.17, 15) is 43.5 Å². The molecular weight excluding hydrogens is 810 g/mol.